The fourth-order valence-electron chi connectivity index (χ4n) is 6.17. The van der Waals surface area contributed by atoms with Crippen LogP contribution in [0.25, 0.3) is 0 Å². The van der Waals surface area contributed by atoms with Gasteiger partial charge >= 0.3 is 7.49 Å². The highest BCUT2D eigenvalue weighted by Crippen LogP contribution is 2.81. The monoisotopic (exact) mass is 301 g/mol. The van der Waals surface area contributed by atoms with E-state index < -0.39 is 18.7 Å². The van der Waals surface area contributed by atoms with E-state index in [1.165, 1.54) is 0 Å². The van der Waals surface area contributed by atoms with Gasteiger partial charge in [-0.15, -0.1) is 0 Å². The second-order valence-corrected chi connectivity index (χ2v) is 10.6. The molecule has 1 saturated heterocycles. The van der Waals surface area contributed by atoms with Crippen molar-refractivity contribution < 1.29 is 14.4 Å². The van der Waals surface area contributed by atoms with Crippen molar-refractivity contribution in [3.63, 3.8) is 0 Å². The molecule has 3 saturated carbocycles. The molecule has 0 aromatic rings. The summed E-state index contributed by atoms with van der Waals surface area (Å²) in [7, 11) is 1.01. The summed E-state index contributed by atoms with van der Waals surface area (Å²) in [5, 5.41) is 11.4. The van der Waals surface area contributed by atoms with Crippen molar-refractivity contribution >= 4 is 16.4 Å². The molecule has 3 aliphatic carbocycles. The van der Waals surface area contributed by atoms with Crippen molar-refractivity contribution in [3.05, 3.63) is 0 Å². The molecule has 106 valence electrons. The van der Waals surface area contributed by atoms with Crippen LogP contribution in [0.1, 0.15) is 46.5 Å². The third-order valence-electron chi connectivity index (χ3n) is 7.42. The van der Waals surface area contributed by atoms with Gasteiger partial charge in [-0.05, 0) is 31.1 Å². The lowest BCUT2D eigenvalue weighted by Crippen LogP contribution is -2.68. The number of epoxide rings is 1. The van der Waals surface area contributed by atoms with Crippen molar-refractivity contribution in [2.75, 3.05) is 0 Å². The Morgan fingerprint density at radius 3 is 2.53 bits per heavy atom. The molecule has 4 unspecified atom stereocenters. The molecule has 0 aromatic carbocycles. The highest BCUT2D eigenvalue weighted by molar-refractivity contribution is 8.06. The van der Waals surface area contributed by atoms with E-state index in [1.807, 2.05) is 0 Å². The van der Waals surface area contributed by atoms with Crippen LogP contribution < -0.4 is 0 Å². The van der Waals surface area contributed by atoms with Crippen molar-refractivity contribution in [2.45, 2.75) is 69.4 Å². The van der Waals surface area contributed by atoms with Gasteiger partial charge in [0, 0.05) is 11.3 Å². The molecule has 2 bridgehead atoms. The Labute approximate surface area is 117 Å². The Bertz CT molecular complexity index is 493. The average Bonchev–Trinajstić information content (AvgIpc) is 2.94. The van der Waals surface area contributed by atoms with Gasteiger partial charge in [0.2, 0.25) is 0 Å². The fourth-order valence-corrected chi connectivity index (χ4v) is 9.16. The molecule has 5 heteroatoms. The zero-order chi connectivity index (χ0) is 13.8. The lowest BCUT2D eigenvalue weighted by Gasteiger charge is -2.56. The fraction of sp³-hybridized carbons (Fsp3) is 1.00. The standard InChI is InChI=1S/C14H23O3P2/c1-11(2)8-4-6-12(11,3)14-9(17-14)5-7-13(14,15)10(8)19(16)18/h8-10,15H,4-7,18H2,1-3H3/q+1/t8?,9-,10-,12?,13-,14+/m1/s1. The molecule has 8 atom stereocenters. The van der Waals surface area contributed by atoms with Gasteiger partial charge in [-0.25, -0.2) is 0 Å². The quantitative estimate of drug-likeness (QED) is 0.598. The van der Waals surface area contributed by atoms with E-state index in [-0.39, 0.29) is 22.6 Å². The highest BCUT2D eigenvalue weighted by Gasteiger charge is 2.91. The minimum absolute atomic E-state index is 0.0209. The van der Waals surface area contributed by atoms with Crippen LogP contribution >= 0.6 is 16.4 Å². The number of hydrogen-bond acceptors (Lipinski definition) is 3. The summed E-state index contributed by atoms with van der Waals surface area (Å²) < 4.78 is 18.5. The molecule has 4 fully saturated rings. The Balaban J connectivity index is 1.97. The van der Waals surface area contributed by atoms with Crippen LogP contribution in [-0.2, 0) is 9.30 Å². The maximum absolute atomic E-state index is 12.4. The van der Waals surface area contributed by atoms with Gasteiger partial charge in [0.15, 0.2) is 5.66 Å². The average molecular weight is 301 g/mol. The Morgan fingerprint density at radius 2 is 1.95 bits per heavy atom. The first kappa shape index (κ1) is 13.1. The van der Waals surface area contributed by atoms with Crippen LogP contribution in [0, 0.1) is 16.7 Å². The molecule has 1 heterocycles. The maximum atomic E-state index is 12.4. The van der Waals surface area contributed by atoms with E-state index >= 15 is 0 Å². The molecule has 4 rings (SSSR count). The van der Waals surface area contributed by atoms with Crippen LogP contribution in [0.4, 0.5) is 0 Å². The van der Waals surface area contributed by atoms with E-state index in [4.69, 9.17) is 4.74 Å². The summed E-state index contributed by atoms with van der Waals surface area (Å²) >= 11 is 0. The Kier molecular flexibility index (Phi) is 2.26. The van der Waals surface area contributed by atoms with Gasteiger partial charge < -0.3 is 9.84 Å². The number of rotatable bonds is 1. The highest BCUT2D eigenvalue weighted by atomic mass is 32.0. The molecular weight excluding hydrogens is 278 g/mol. The largest absolute Gasteiger partial charge is 0.382 e. The molecule has 3 nitrogen and oxygen atoms in total. The number of aliphatic hydroxyl groups is 1. The minimum Gasteiger partial charge on any atom is -0.382 e. The number of ether oxygens (including phenoxy) is 1. The summed E-state index contributed by atoms with van der Waals surface area (Å²) in [6.45, 7) is 6.90. The second kappa shape index (κ2) is 3.27. The smallest absolute Gasteiger partial charge is 0.355 e. The lowest BCUT2D eigenvalue weighted by atomic mass is 9.49. The number of hydrogen-bond donors (Lipinski definition) is 1. The third kappa shape index (κ3) is 1.07. The van der Waals surface area contributed by atoms with Crippen LogP contribution in [0.5, 0.6) is 0 Å². The third-order valence-corrected chi connectivity index (χ3v) is 9.72. The summed E-state index contributed by atoms with van der Waals surface area (Å²) in [5.74, 6) is 0.345. The van der Waals surface area contributed by atoms with Crippen LogP contribution in [0.2, 0.25) is 0 Å². The van der Waals surface area contributed by atoms with Crippen LogP contribution in [-0.4, -0.2) is 28.1 Å². The van der Waals surface area contributed by atoms with Crippen LogP contribution in [0.15, 0.2) is 0 Å². The lowest BCUT2D eigenvalue weighted by molar-refractivity contribution is -0.168. The Hall–Kier alpha value is 0.450. The van der Waals surface area contributed by atoms with Crippen molar-refractivity contribution in [3.8, 4) is 0 Å². The van der Waals surface area contributed by atoms with Gasteiger partial charge in [-0.2, -0.15) is 0 Å². The molecule has 1 spiro atoms. The molecule has 19 heavy (non-hydrogen) atoms. The zero-order valence-electron chi connectivity index (χ0n) is 11.8. The van der Waals surface area contributed by atoms with Gasteiger partial charge in [0.25, 0.3) is 0 Å². The topological polar surface area (TPSA) is 49.8 Å². The van der Waals surface area contributed by atoms with E-state index in [2.05, 4.69) is 29.7 Å². The molecule has 0 radical (unpaired) electrons. The van der Waals surface area contributed by atoms with Gasteiger partial charge in [0.05, 0.1) is 6.10 Å². The van der Waals surface area contributed by atoms with E-state index in [9.17, 15) is 9.67 Å². The molecule has 4 aliphatic rings. The van der Waals surface area contributed by atoms with E-state index in [0.717, 1.165) is 25.7 Å². The minimum atomic E-state index is -1.47. The van der Waals surface area contributed by atoms with Crippen molar-refractivity contribution in [2.24, 2.45) is 16.7 Å². The molecule has 1 N–H and O–H groups in total. The van der Waals surface area contributed by atoms with E-state index in [0.29, 0.717) is 5.92 Å². The summed E-state index contributed by atoms with van der Waals surface area (Å²) in [5.41, 5.74) is -1.29. The first-order valence-electron chi connectivity index (χ1n) is 7.34. The first-order chi connectivity index (χ1) is 8.72. The zero-order valence-corrected chi connectivity index (χ0v) is 13.9. The summed E-state index contributed by atoms with van der Waals surface area (Å²) in [6, 6.07) is 0. The van der Waals surface area contributed by atoms with Gasteiger partial charge in [-0.3, -0.25) is 0 Å². The SMILES string of the molecule is CC1(C)C2CCC1(C)[C@@]13O[C@@H]1CC[C@@]3(O)[C@@H]2[P+](=O)P. The molecule has 0 amide bonds. The number of fused-ring (bicyclic) bond motifs is 2. The Morgan fingerprint density at radius 1 is 1.26 bits per heavy atom. The van der Waals surface area contributed by atoms with Gasteiger partial charge in [0.1, 0.15) is 20.1 Å². The second-order valence-electron chi connectivity index (χ2n) is 7.81. The van der Waals surface area contributed by atoms with Crippen LogP contribution in [0.3, 0.4) is 0 Å². The van der Waals surface area contributed by atoms with Crippen molar-refractivity contribution in [1.82, 2.24) is 0 Å². The molecule has 0 aromatic heterocycles. The predicted molar refractivity (Wildman–Crippen MR) is 77.5 cm³/mol. The van der Waals surface area contributed by atoms with Crippen molar-refractivity contribution in [1.29, 1.82) is 0 Å². The molecule has 1 aliphatic heterocycles. The van der Waals surface area contributed by atoms with E-state index in [1.54, 1.807) is 0 Å². The molecular formula is C14H23O3P2+. The summed E-state index contributed by atoms with van der Waals surface area (Å²) in [4.78, 5) is 0. The summed E-state index contributed by atoms with van der Waals surface area (Å²) in [6.07, 6.45) is 4.06. The normalized spacial score (nSPS) is 61.5. The maximum Gasteiger partial charge on any atom is 0.355 e. The van der Waals surface area contributed by atoms with Gasteiger partial charge in [-0.1, -0.05) is 25.3 Å². The first-order valence-corrected chi connectivity index (χ1v) is 10.3. The predicted octanol–water partition coefficient (Wildman–Crippen LogP) is 3.09.